The molecule has 0 unspecified atom stereocenters. The molecule has 3 N–H and O–H groups in total. The van der Waals surface area contributed by atoms with Crippen LogP contribution in [0.1, 0.15) is 30.6 Å². The van der Waals surface area contributed by atoms with Gasteiger partial charge in [-0.1, -0.05) is 13.8 Å². The van der Waals surface area contributed by atoms with Crippen molar-refractivity contribution in [2.24, 2.45) is 5.92 Å². The Labute approximate surface area is 101 Å². The summed E-state index contributed by atoms with van der Waals surface area (Å²) >= 11 is 0. The molecule has 0 spiro atoms. The Morgan fingerprint density at radius 3 is 2.35 bits per heavy atom. The van der Waals surface area contributed by atoms with E-state index in [-0.39, 0.29) is 17.6 Å². The molecular formula is C13H18N2O2. The van der Waals surface area contributed by atoms with Crippen LogP contribution in [-0.2, 0) is 4.79 Å². The second kappa shape index (κ2) is 6.03. The molecule has 0 saturated heterocycles. The maximum atomic E-state index is 11.6. The highest BCUT2D eigenvalue weighted by atomic mass is 16.1. The lowest BCUT2D eigenvalue weighted by atomic mass is 10.1. The van der Waals surface area contributed by atoms with E-state index in [1.54, 1.807) is 24.3 Å². The molecule has 0 heterocycles. The number of nitrogens with one attached hydrogen (secondary N) is 1. The predicted molar refractivity (Wildman–Crippen MR) is 67.6 cm³/mol. The summed E-state index contributed by atoms with van der Waals surface area (Å²) in [5.74, 6) is -0.00686. The van der Waals surface area contributed by atoms with Gasteiger partial charge in [-0.05, 0) is 24.3 Å². The van der Waals surface area contributed by atoms with E-state index in [2.05, 4.69) is 5.32 Å². The van der Waals surface area contributed by atoms with Crippen LogP contribution in [0.15, 0.2) is 24.3 Å². The summed E-state index contributed by atoms with van der Waals surface area (Å²) in [5, 5.41) is 2.70. The maximum absolute atomic E-state index is 11.6. The normalized spacial score (nSPS) is 10.3. The number of nitrogen functional groups attached to an aromatic ring is 1. The molecule has 0 aliphatic carbocycles. The zero-order chi connectivity index (χ0) is 12.8. The summed E-state index contributed by atoms with van der Waals surface area (Å²) in [4.78, 5) is 23.0. The molecule has 0 bridgehead atoms. The van der Waals surface area contributed by atoms with Gasteiger partial charge in [-0.2, -0.15) is 0 Å². The van der Waals surface area contributed by atoms with Crippen LogP contribution in [0.2, 0.25) is 0 Å². The standard InChI is InChI=1S/C13H18N2O2/c1-9(2)12(16)7-8-15-13(17)10-3-5-11(14)6-4-10/h3-6,9H,7-8,14H2,1-2H3,(H,15,17). The Kier molecular flexibility index (Phi) is 4.69. The van der Waals surface area contributed by atoms with Gasteiger partial charge in [0.25, 0.3) is 5.91 Å². The summed E-state index contributed by atoms with van der Waals surface area (Å²) in [6, 6.07) is 6.67. The lowest BCUT2D eigenvalue weighted by Crippen LogP contribution is -2.26. The van der Waals surface area contributed by atoms with Gasteiger partial charge in [-0.25, -0.2) is 0 Å². The van der Waals surface area contributed by atoms with Crippen LogP contribution in [0.25, 0.3) is 0 Å². The van der Waals surface area contributed by atoms with Gasteiger partial charge in [0.05, 0.1) is 0 Å². The van der Waals surface area contributed by atoms with Crippen molar-refractivity contribution in [1.82, 2.24) is 5.32 Å². The van der Waals surface area contributed by atoms with Crippen molar-refractivity contribution < 1.29 is 9.59 Å². The Balaban J connectivity index is 2.40. The number of nitrogens with two attached hydrogens (primary N) is 1. The number of rotatable bonds is 5. The first-order valence-electron chi connectivity index (χ1n) is 5.67. The predicted octanol–water partition coefficient (Wildman–Crippen LogP) is 1.61. The number of ketones is 1. The number of hydrogen-bond donors (Lipinski definition) is 2. The van der Waals surface area contributed by atoms with E-state index in [1.807, 2.05) is 13.8 Å². The number of carbonyl (C=O) groups excluding carboxylic acids is 2. The SMILES string of the molecule is CC(C)C(=O)CCNC(=O)c1ccc(N)cc1. The Hall–Kier alpha value is -1.84. The van der Waals surface area contributed by atoms with Crippen LogP contribution in [0, 0.1) is 5.92 Å². The molecule has 1 amide bonds. The average molecular weight is 234 g/mol. The molecule has 0 radical (unpaired) electrons. The molecule has 92 valence electrons. The summed E-state index contributed by atoms with van der Waals surface area (Å²) < 4.78 is 0. The summed E-state index contributed by atoms with van der Waals surface area (Å²) in [6.07, 6.45) is 0.373. The van der Waals surface area contributed by atoms with Crippen LogP contribution < -0.4 is 11.1 Å². The number of Topliss-reactive ketones (excluding diaryl/α,β-unsaturated/α-hetero) is 1. The van der Waals surface area contributed by atoms with E-state index < -0.39 is 0 Å². The molecule has 1 rings (SSSR count). The van der Waals surface area contributed by atoms with E-state index in [4.69, 9.17) is 5.73 Å². The van der Waals surface area contributed by atoms with Gasteiger partial charge in [-0.3, -0.25) is 9.59 Å². The molecule has 0 atom stereocenters. The summed E-state index contributed by atoms with van der Waals surface area (Å²) in [7, 11) is 0. The molecule has 1 aromatic rings. The van der Waals surface area contributed by atoms with Crippen molar-refractivity contribution >= 4 is 17.4 Å². The number of carbonyl (C=O) groups is 2. The largest absolute Gasteiger partial charge is 0.399 e. The van der Waals surface area contributed by atoms with Gasteiger partial charge >= 0.3 is 0 Å². The van der Waals surface area contributed by atoms with Crippen LogP contribution >= 0.6 is 0 Å². The number of hydrogen-bond acceptors (Lipinski definition) is 3. The van der Waals surface area contributed by atoms with Gasteiger partial charge in [0.2, 0.25) is 0 Å². The molecule has 4 nitrogen and oxygen atoms in total. The Bertz CT molecular complexity index is 396. The highest BCUT2D eigenvalue weighted by molar-refractivity contribution is 5.94. The van der Waals surface area contributed by atoms with E-state index in [9.17, 15) is 9.59 Å². The fourth-order valence-electron chi connectivity index (χ4n) is 1.32. The van der Waals surface area contributed by atoms with Gasteiger partial charge in [-0.15, -0.1) is 0 Å². The molecule has 0 aliphatic heterocycles. The first-order chi connectivity index (χ1) is 8.00. The van der Waals surface area contributed by atoms with Crippen LogP contribution in [0.4, 0.5) is 5.69 Å². The van der Waals surface area contributed by atoms with Crippen LogP contribution in [0.3, 0.4) is 0 Å². The Morgan fingerprint density at radius 1 is 1.24 bits per heavy atom. The highest BCUT2D eigenvalue weighted by Crippen LogP contribution is 2.05. The smallest absolute Gasteiger partial charge is 0.251 e. The first-order valence-corrected chi connectivity index (χ1v) is 5.67. The molecule has 0 aliphatic rings. The van der Waals surface area contributed by atoms with Crippen molar-refractivity contribution in [2.75, 3.05) is 12.3 Å². The second-order valence-electron chi connectivity index (χ2n) is 4.25. The van der Waals surface area contributed by atoms with E-state index in [1.165, 1.54) is 0 Å². The van der Waals surface area contributed by atoms with Crippen molar-refractivity contribution in [1.29, 1.82) is 0 Å². The number of amides is 1. The lowest BCUT2D eigenvalue weighted by Gasteiger charge is -2.06. The third kappa shape index (κ3) is 4.26. The lowest BCUT2D eigenvalue weighted by molar-refractivity contribution is -0.121. The van der Waals surface area contributed by atoms with Crippen molar-refractivity contribution in [3.8, 4) is 0 Å². The quantitative estimate of drug-likeness (QED) is 0.760. The van der Waals surface area contributed by atoms with E-state index in [0.717, 1.165) is 0 Å². The van der Waals surface area contributed by atoms with Crippen molar-refractivity contribution in [2.45, 2.75) is 20.3 Å². The summed E-state index contributed by atoms with van der Waals surface area (Å²) in [5.41, 5.74) is 6.70. The highest BCUT2D eigenvalue weighted by Gasteiger charge is 2.08. The average Bonchev–Trinajstić information content (AvgIpc) is 2.29. The monoisotopic (exact) mass is 234 g/mol. The van der Waals surface area contributed by atoms with E-state index >= 15 is 0 Å². The van der Waals surface area contributed by atoms with Gasteiger partial charge < -0.3 is 11.1 Å². The minimum Gasteiger partial charge on any atom is -0.399 e. The third-order valence-electron chi connectivity index (χ3n) is 2.47. The van der Waals surface area contributed by atoms with Gasteiger partial charge in [0.1, 0.15) is 5.78 Å². The van der Waals surface area contributed by atoms with Crippen molar-refractivity contribution in [3.63, 3.8) is 0 Å². The topological polar surface area (TPSA) is 72.2 Å². The second-order valence-corrected chi connectivity index (χ2v) is 4.25. The van der Waals surface area contributed by atoms with Crippen molar-refractivity contribution in [3.05, 3.63) is 29.8 Å². The Morgan fingerprint density at radius 2 is 1.82 bits per heavy atom. The van der Waals surface area contributed by atoms with Gasteiger partial charge in [0.15, 0.2) is 0 Å². The number of benzene rings is 1. The fraction of sp³-hybridized carbons (Fsp3) is 0.385. The third-order valence-corrected chi connectivity index (χ3v) is 2.47. The van der Waals surface area contributed by atoms with Gasteiger partial charge in [0, 0.05) is 30.1 Å². The van der Waals surface area contributed by atoms with Crippen LogP contribution in [0.5, 0.6) is 0 Å². The maximum Gasteiger partial charge on any atom is 0.251 e. The minimum atomic E-state index is -0.179. The molecule has 0 saturated carbocycles. The molecular weight excluding hydrogens is 216 g/mol. The zero-order valence-corrected chi connectivity index (χ0v) is 10.2. The minimum absolute atomic E-state index is 0.0171. The number of anilines is 1. The first kappa shape index (κ1) is 13.2. The molecule has 4 heteroatoms. The van der Waals surface area contributed by atoms with E-state index in [0.29, 0.717) is 24.2 Å². The zero-order valence-electron chi connectivity index (χ0n) is 10.2. The molecule has 1 aromatic carbocycles. The van der Waals surface area contributed by atoms with Crippen LogP contribution in [-0.4, -0.2) is 18.2 Å². The molecule has 0 aromatic heterocycles. The fourth-order valence-corrected chi connectivity index (χ4v) is 1.32. The molecule has 0 fully saturated rings. The summed E-state index contributed by atoms with van der Waals surface area (Å²) in [6.45, 7) is 4.08. The molecule has 17 heavy (non-hydrogen) atoms.